The Labute approximate surface area is 117 Å². The molecular formula is C11H12N2O5S2. The van der Waals surface area contributed by atoms with Gasteiger partial charge in [-0.05, 0) is 19.1 Å². The first-order valence-corrected chi connectivity index (χ1v) is 8.66. The quantitative estimate of drug-likeness (QED) is 0.798. The summed E-state index contributed by atoms with van der Waals surface area (Å²) in [5.74, 6) is -3.09. The van der Waals surface area contributed by atoms with Gasteiger partial charge in [0.25, 0.3) is 10.0 Å². The van der Waals surface area contributed by atoms with E-state index in [-0.39, 0.29) is 4.90 Å². The lowest BCUT2D eigenvalue weighted by molar-refractivity contribution is -0.116. The van der Waals surface area contributed by atoms with Crippen molar-refractivity contribution in [1.29, 1.82) is 5.26 Å². The number of sulfone groups is 1. The Hall–Kier alpha value is -1.92. The molecule has 0 aromatic heterocycles. The second kappa shape index (κ2) is 6.02. The highest BCUT2D eigenvalue weighted by molar-refractivity contribution is 7.93. The van der Waals surface area contributed by atoms with Gasteiger partial charge in [0.1, 0.15) is 11.5 Å². The van der Waals surface area contributed by atoms with E-state index in [9.17, 15) is 21.6 Å². The molecule has 1 N–H and O–H groups in total. The van der Waals surface area contributed by atoms with Crippen LogP contribution in [0.5, 0.6) is 0 Å². The minimum Gasteiger partial charge on any atom is -0.273 e. The largest absolute Gasteiger partial charge is 0.273 e. The Morgan fingerprint density at radius 2 is 1.75 bits per heavy atom. The van der Waals surface area contributed by atoms with Crippen molar-refractivity contribution in [3.05, 3.63) is 29.8 Å². The fraction of sp³-hybridized carbons (Fsp3) is 0.273. The molecule has 0 heterocycles. The second-order valence-electron chi connectivity index (χ2n) is 4.03. The van der Waals surface area contributed by atoms with Gasteiger partial charge in [0.2, 0.25) is 5.91 Å². The number of nitrogens with zero attached hydrogens (tertiary/aromatic N) is 1. The number of rotatable bonds is 5. The minimum atomic E-state index is -4.11. The molecule has 0 saturated carbocycles. The van der Waals surface area contributed by atoms with E-state index in [1.54, 1.807) is 23.8 Å². The predicted molar refractivity (Wildman–Crippen MR) is 70.8 cm³/mol. The van der Waals surface area contributed by atoms with E-state index >= 15 is 0 Å². The summed E-state index contributed by atoms with van der Waals surface area (Å²) in [6.07, 6.45) is 0. The van der Waals surface area contributed by atoms with Crippen molar-refractivity contribution in [2.24, 2.45) is 0 Å². The first-order valence-electron chi connectivity index (χ1n) is 5.36. The fourth-order valence-corrected chi connectivity index (χ4v) is 3.15. The third kappa shape index (κ3) is 4.64. The Balaban J connectivity index is 2.85. The van der Waals surface area contributed by atoms with Crippen molar-refractivity contribution >= 4 is 25.8 Å². The van der Waals surface area contributed by atoms with E-state index in [4.69, 9.17) is 5.26 Å². The van der Waals surface area contributed by atoms with E-state index in [0.29, 0.717) is 0 Å². The van der Waals surface area contributed by atoms with Gasteiger partial charge in [-0.15, -0.1) is 0 Å². The summed E-state index contributed by atoms with van der Waals surface area (Å²) in [6, 6.07) is 7.09. The zero-order chi connectivity index (χ0) is 15.4. The lowest BCUT2D eigenvalue weighted by Gasteiger charge is -2.06. The molecule has 0 radical (unpaired) electrons. The highest BCUT2D eigenvalue weighted by atomic mass is 32.2. The molecular weight excluding hydrogens is 304 g/mol. The average molecular weight is 316 g/mol. The molecule has 1 rings (SSSR count). The van der Waals surface area contributed by atoms with E-state index in [2.05, 4.69) is 0 Å². The smallest absolute Gasteiger partial charge is 0.264 e. The van der Waals surface area contributed by atoms with Crippen molar-refractivity contribution in [2.75, 3.05) is 11.5 Å². The third-order valence-corrected chi connectivity index (χ3v) is 4.88. The lowest BCUT2D eigenvalue weighted by atomic mass is 10.2. The van der Waals surface area contributed by atoms with Crippen molar-refractivity contribution in [3.63, 3.8) is 0 Å². The van der Waals surface area contributed by atoms with Crippen LogP contribution >= 0.6 is 0 Å². The number of nitrogens with one attached hydrogen (secondary N) is 1. The number of hydrogen-bond acceptors (Lipinski definition) is 6. The molecule has 7 nitrogen and oxygen atoms in total. The van der Waals surface area contributed by atoms with E-state index in [1.165, 1.54) is 18.2 Å². The Kier molecular flexibility index (Phi) is 4.86. The Morgan fingerprint density at radius 3 is 2.25 bits per heavy atom. The zero-order valence-electron chi connectivity index (χ0n) is 10.5. The molecule has 0 aliphatic rings. The molecule has 0 aliphatic heterocycles. The van der Waals surface area contributed by atoms with Gasteiger partial charge in [0.05, 0.1) is 11.0 Å². The molecule has 0 atom stereocenters. The topological polar surface area (TPSA) is 121 Å². The normalized spacial score (nSPS) is 11.6. The molecule has 1 aromatic carbocycles. The third-order valence-electron chi connectivity index (χ3n) is 2.21. The summed E-state index contributed by atoms with van der Waals surface area (Å²) in [6.45, 7) is 1.77. The van der Waals surface area contributed by atoms with Crippen LogP contribution in [0.25, 0.3) is 0 Å². The molecule has 0 fully saturated rings. The summed E-state index contributed by atoms with van der Waals surface area (Å²) >= 11 is 0. The van der Waals surface area contributed by atoms with Crippen molar-refractivity contribution < 1.29 is 21.6 Å². The van der Waals surface area contributed by atoms with Crippen molar-refractivity contribution in [2.45, 2.75) is 11.8 Å². The van der Waals surface area contributed by atoms with Crippen LogP contribution in [-0.2, 0) is 24.7 Å². The van der Waals surface area contributed by atoms with Crippen LogP contribution in [0.4, 0.5) is 0 Å². The number of aryl methyl sites for hydroxylation is 1. The van der Waals surface area contributed by atoms with E-state index < -0.39 is 37.3 Å². The van der Waals surface area contributed by atoms with Gasteiger partial charge in [0, 0.05) is 0 Å². The highest BCUT2D eigenvalue weighted by Crippen LogP contribution is 2.09. The molecule has 0 bridgehead atoms. The zero-order valence-corrected chi connectivity index (χ0v) is 12.2. The number of benzene rings is 1. The van der Waals surface area contributed by atoms with Crippen molar-refractivity contribution in [1.82, 2.24) is 4.72 Å². The van der Waals surface area contributed by atoms with Crippen LogP contribution < -0.4 is 4.72 Å². The molecule has 0 spiro atoms. The maximum atomic E-state index is 11.8. The number of amides is 1. The van der Waals surface area contributed by atoms with Gasteiger partial charge in [-0.25, -0.2) is 21.6 Å². The Bertz CT molecular complexity index is 743. The van der Waals surface area contributed by atoms with E-state index in [1.807, 2.05) is 0 Å². The first kappa shape index (κ1) is 16.1. The molecule has 0 unspecified atom stereocenters. The molecule has 1 aromatic rings. The van der Waals surface area contributed by atoms with Gasteiger partial charge >= 0.3 is 0 Å². The van der Waals surface area contributed by atoms with Crippen LogP contribution in [0.15, 0.2) is 29.2 Å². The van der Waals surface area contributed by atoms with Gasteiger partial charge in [-0.2, -0.15) is 5.26 Å². The summed E-state index contributed by atoms with van der Waals surface area (Å²) in [4.78, 5) is 11.3. The molecule has 20 heavy (non-hydrogen) atoms. The van der Waals surface area contributed by atoms with Crippen LogP contribution in [0, 0.1) is 18.3 Å². The van der Waals surface area contributed by atoms with Gasteiger partial charge in [0.15, 0.2) is 9.84 Å². The lowest BCUT2D eigenvalue weighted by Crippen LogP contribution is -2.35. The molecule has 0 aliphatic carbocycles. The summed E-state index contributed by atoms with van der Waals surface area (Å²) in [7, 11) is -8.04. The van der Waals surface area contributed by atoms with Crippen molar-refractivity contribution in [3.8, 4) is 6.07 Å². The van der Waals surface area contributed by atoms with Crippen LogP contribution in [0.3, 0.4) is 0 Å². The summed E-state index contributed by atoms with van der Waals surface area (Å²) in [5, 5.41) is 8.27. The second-order valence-corrected chi connectivity index (χ2v) is 7.78. The van der Waals surface area contributed by atoms with Crippen LogP contribution in [-0.4, -0.2) is 34.2 Å². The van der Waals surface area contributed by atoms with Crippen LogP contribution in [0.1, 0.15) is 5.56 Å². The average Bonchev–Trinajstić information content (AvgIpc) is 2.27. The van der Waals surface area contributed by atoms with Gasteiger partial charge < -0.3 is 0 Å². The van der Waals surface area contributed by atoms with Gasteiger partial charge in [-0.1, -0.05) is 17.7 Å². The Morgan fingerprint density at radius 1 is 1.20 bits per heavy atom. The number of carbonyl (C=O) groups is 1. The van der Waals surface area contributed by atoms with Gasteiger partial charge in [-0.3, -0.25) is 4.79 Å². The standard InChI is InChI=1S/C11H12N2O5S2/c1-9-2-4-10(5-3-9)20(17,18)13-11(14)8-19(15,16)7-6-12/h2-5H,7-8H2,1H3,(H,13,14). The minimum absolute atomic E-state index is 0.144. The molecule has 1 amide bonds. The first-order chi connectivity index (χ1) is 9.16. The number of sulfonamides is 1. The van der Waals surface area contributed by atoms with Crippen LogP contribution in [0.2, 0.25) is 0 Å². The number of carbonyl (C=O) groups excluding carboxylic acids is 1. The highest BCUT2D eigenvalue weighted by Gasteiger charge is 2.22. The summed E-state index contributed by atoms with van der Waals surface area (Å²) < 4.78 is 47.7. The SMILES string of the molecule is Cc1ccc(S(=O)(=O)NC(=O)CS(=O)(=O)CC#N)cc1. The molecule has 0 saturated heterocycles. The monoisotopic (exact) mass is 316 g/mol. The fourth-order valence-electron chi connectivity index (χ4n) is 1.30. The predicted octanol–water partition coefficient (Wildman–Crippen LogP) is -0.262. The summed E-state index contributed by atoms with van der Waals surface area (Å²) in [5.41, 5.74) is 0.840. The molecule has 108 valence electrons. The molecule has 9 heteroatoms. The maximum absolute atomic E-state index is 11.8. The van der Waals surface area contributed by atoms with E-state index in [0.717, 1.165) is 5.56 Å². The number of nitriles is 1. The number of hydrogen-bond donors (Lipinski definition) is 1. The maximum Gasteiger partial charge on any atom is 0.264 e.